The zero-order valence-electron chi connectivity index (χ0n) is 17.8. The van der Waals surface area contributed by atoms with E-state index in [4.69, 9.17) is 18.8 Å². The van der Waals surface area contributed by atoms with Crippen molar-refractivity contribution in [1.82, 2.24) is 0 Å². The molecule has 1 aromatic rings. The molecule has 0 aromatic heterocycles. The van der Waals surface area contributed by atoms with Crippen molar-refractivity contribution >= 4 is 12.6 Å². The van der Waals surface area contributed by atoms with Gasteiger partial charge in [-0.15, -0.1) is 0 Å². The van der Waals surface area contributed by atoms with E-state index in [0.29, 0.717) is 11.2 Å². The number of unbranched alkanes of at least 4 members (excludes halogenated alkanes) is 3. The first-order valence-electron chi connectivity index (χ1n) is 10.7. The molecule has 2 saturated heterocycles. The van der Waals surface area contributed by atoms with Crippen molar-refractivity contribution in [1.29, 1.82) is 0 Å². The molecule has 154 valence electrons. The van der Waals surface area contributed by atoms with E-state index >= 15 is 0 Å². The van der Waals surface area contributed by atoms with Crippen LogP contribution in [0.4, 0.5) is 0 Å². The van der Waals surface area contributed by atoms with Gasteiger partial charge in [-0.2, -0.15) is 0 Å². The van der Waals surface area contributed by atoms with Crippen LogP contribution in [0, 0.1) is 5.41 Å². The third-order valence-electron chi connectivity index (χ3n) is 6.05. The molecule has 0 radical (unpaired) electrons. The van der Waals surface area contributed by atoms with Crippen LogP contribution in [-0.2, 0) is 25.2 Å². The molecule has 3 rings (SSSR count). The van der Waals surface area contributed by atoms with Gasteiger partial charge in [0.15, 0.2) is 0 Å². The van der Waals surface area contributed by atoms with Crippen molar-refractivity contribution in [3.8, 4) is 0 Å². The summed E-state index contributed by atoms with van der Waals surface area (Å²) in [6, 6.07) is 8.58. The lowest BCUT2D eigenvalue weighted by atomic mass is 9.79. The smallest absolute Gasteiger partial charge is 0.534 e. The van der Waals surface area contributed by atoms with Crippen molar-refractivity contribution in [2.45, 2.75) is 64.9 Å². The third-order valence-corrected chi connectivity index (χ3v) is 6.05. The van der Waals surface area contributed by atoms with E-state index in [-0.39, 0.29) is 7.12 Å². The molecule has 0 bridgehead atoms. The first-order valence-corrected chi connectivity index (χ1v) is 10.7. The zero-order chi connectivity index (χ0) is 20.0. The fourth-order valence-corrected chi connectivity index (χ4v) is 3.56. The molecule has 5 heteroatoms. The molecular weight excluding hydrogens is 351 g/mol. The highest BCUT2D eigenvalue weighted by Gasteiger charge is 2.42. The van der Waals surface area contributed by atoms with Gasteiger partial charge in [-0.3, -0.25) is 0 Å². The largest absolute Gasteiger partial charge is 0.563 e. The summed E-state index contributed by atoms with van der Waals surface area (Å²) in [5.74, 6) is 0.691. The van der Waals surface area contributed by atoms with Crippen LogP contribution in [0.5, 0.6) is 0 Å². The van der Waals surface area contributed by atoms with Crippen LogP contribution in [-0.4, -0.2) is 39.1 Å². The van der Waals surface area contributed by atoms with Crippen LogP contribution >= 0.6 is 0 Å². The van der Waals surface area contributed by atoms with Gasteiger partial charge in [0.1, 0.15) is 5.60 Å². The molecule has 2 aliphatic rings. The van der Waals surface area contributed by atoms with Crippen LogP contribution in [0.3, 0.4) is 0 Å². The Balaban J connectivity index is 1.27. The zero-order valence-corrected chi connectivity index (χ0v) is 17.8. The highest BCUT2D eigenvalue weighted by atomic mass is 16.7. The lowest BCUT2D eigenvalue weighted by Crippen LogP contribution is -2.45. The van der Waals surface area contributed by atoms with E-state index in [1.54, 1.807) is 0 Å². The Bertz CT molecular complexity index is 631. The Kier molecular flexibility index (Phi) is 7.24. The molecule has 0 saturated carbocycles. The van der Waals surface area contributed by atoms with E-state index in [0.717, 1.165) is 51.2 Å². The van der Waals surface area contributed by atoms with E-state index < -0.39 is 5.60 Å². The summed E-state index contributed by atoms with van der Waals surface area (Å²) in [6.07, 6.45) is 7.10. The second-order valence-electron chi connectivity index (χ2n) is 8.81. The van der Waals surface area contributed by atoms with Crippen LogP contribution < -0.4 is 5.46 Å². The van der Waals surface area contributed by atoms with Gasteiger partial charge in [-0.1, -0.05) is 50.6 Å². The molecule has 2 aliphatic heterocycles. The molecule has 2 heterocycles. The lowest BCUT2D eigenvalue weighted by Gasteiger charge is -2.40. The number of aryl methyl sites for hydroxylation is 1. The Morgan fingerprint density at radius 1 is 1.07 bits per heavy atom. The molecule has 0 spiro atoms. The maximum atomic E-state index is 5.93. The lowest BCUT2D eigenvalue weighted by molar-refractivity contribution is -0.150. The van der Waals surface area contributed by atoms with Crippen LogP contribution in [0.25, 0.3) is 0 Å². The van der Waals surface area contributed by atoms with Crippen LogP contribution in [0.2, 0.25) is 0 Å². The van der Waals surface area contributed by atoms with Gasteiger partial charge in [-0.25, -0.2) is 0 Å². The monoisotopic (exact) mass is 386 g/mol. The first-order chi connectivity index (χ1) is 13.4. The fourth-order valence-electron chi connectivity index (χ4n) is 3.56. The molecule has 4 nitrogen and oxygen atoms in total. The first kappa shape index (κ1) is 21.4. The van der Waals surface area contributed by atoms with Gasteiger partial charge in [0.25, 0.3) is 0 Å². The van der Waals surface area contributed by atoms with Crippen LogP contribution in [0.1, 0.15) is 58.4 Å². The Morgan fingerprint density at radius 2 is 1.79 bits per heavy atom. The number of rotatable bonds is 11. The van der Waals surface area contributed by atoms with Gasteiger partial charge in [0.05, 0.1) is 25.6 Å². The fraction of sp³-hybridized carbons (Fsp3) is 0.652. The minimum absolute atomic E-state index is 0.309. The summed E-state index contributed by atoms with van der Waals surface area (Å²) >= 11 is 0. The summed E-state index contributed by atoms with van der Waals surface area (Å²) < 4.78 is 22.9. The van der Waals surface area contributed by atoms with Crippen molar-refractivity contribution in [3.63, 3.8) is 0 Å². The van der Waals surface area contributed by atoms with E-state index in [9.17, 15) is 0 Å². The topological polar surface area (TPSA) is 36.9 Å². The number of hydrogen-bond donors (Lipinski definition) is 0. The normalized spacial score (nSPS) is 20.1. The van der Waals surface area contributed by atoms with Gasteiger partial charge < -0.3 is 18.8 Å². The third kappa shape index (κ3) is 5.40. The second-order valence-corrected chi connectivity index (χ2v) is 8.81. The maximum absolute atomic E-state index is 5.93. The van der Waals surface area contributed by atoms with Crippen molar-refractivity contribution < 1.29 is 18.8 Å². The van der Waals surface area contributed by atoms with E-state index in [2.05, 4.69) is 37.8 Å². The number of hydrogen-bond acceptors (Lipinski definition) is 4. The molecular formula is C23H35BO4. The molecule has 0 amide bonds. The summed E-state index contributed by atoms with van der Waals surface area (Å²) in [4.78, 5) is 0. The predicted octanol–water partition coefficient (Wildman–Crippen LogP) is 4.27. The number of benzene rings is 1. The minimum atomic E-state index is -0.421. The number of ether oxygens (including phenoxy) is 2. The van der Waals surface area contributed by atoms with Gasteiger partial charge in [0, 0.05) is 12.0 Å². The van der Waals surface area contributed by atoms with Gasteiger partial charge in [-0.05, 0) is 50.6 Å². The molecule has 0 atom stereocenters. The van der Waals surface area contributed by atoms with E-state index in [1.165, 1.54) is 24.8 Å². The Hall–Kier alpha value is -1.30. The second kappa shape index (κ2) is 9.47. The average molecular weight is 386 g/mol. The predicted molar refractivity (Wildman–Crippen MR) is 114 cm³/mol. The van der Waals surface area contributed by atoms with Crippen molar-refractivity contribution in [2.75, 3.05) is 26.4 Å². The molecule has 0 aliphatic carbocycles. The maximum Gasteiger partial charge on any atom is 0.563 e. The Morgan fingerprint density at radius 3 is 2.36 bits per heavy atom. The molecule has 0 unspecified atom stereocenters. The van der Waals surface area contributed by atoms with Crippen LogP contribution in [0.15, 0.2) is 36.6 Å². The van der Waals surface area contributed by atoms with Crippen molar-refractivity contribution in [2.24, 2.45) is 5.41 Å². The summed E-state index contributed by atoms with van der Waals surface area (Å²) in [5, 5.41) is 0. The molecule has 2 fully saturated rings. The summed E-state index contributed by atoms with van der Waals surface area (Å²) in [5.41, 5.74) is 2.31. The van der Waals surface area contributed by atoms with Gasteiger partial charge >= 0.3 is 7.12 Å². The highest BCUT2D eigenvalue weighted by molar-refractivity contribution is 6.62. The molecule has 1 aromatic carbocycles. The highest BCUT2D eigenvalue weighted by Crippen LogP contribution is 2.31. The Labute approximate surface area is 170 Å². The van der Waals surface area contributed by atoms with E-state index in [1.807, 2.05) is 13.8 Å². The molecule has 0 N–H and O–H groups in total. The molecule has 28 heavy (non-hydrogen) atoms. The van der Waals surface area contributed by atoms with Gasteiger partial charge in [0.2, 0.25) is 0 Å². The SMILES string of the molecule is C=C1OB(c2ccc(CCCCCCOCC3(CC)COC3)cc2)OC1(C)C. The summed E-state index contributed by atoms with van der Waals surface area (Å²) in [7, 11) is -0.338. The standard InChI is InChI=1S/C23H35BO4/c1-5-23(17-26-18-23)16-25-15-9-7-6-8-10-20-11-13-21(14-12-20)24-27-19(2)22(3,4)28-24/h11-14H,2,5-10,15-18H2,1,3-4H3. The quantitative estimate of drug-likeness (QED) is 0.421. The average Bonchev–Trinajstić information content (AvgIpc) is 2.92. The summed E-state index contributed by atoms with van der Waals surface area (Å²) in [6.45, 7) is 13.6. The minimum Gasteiger partial charge on any atom is -0.534 e. The van der Waals surface area contributed by atoms with Crippen molar-refractivity contribution in [3.05, 3.63) is 42.2 Å².